The minimum absolute atomic E-state index is 0.0646. The third-order valence-electron chi connectivity index (χ3n) is 1.69. The van der Waals surface area contributed by atoms with Gasteiger partial charge in [-0.05, 0) is 12.1 Å². The molecule has 1 atom stereocenters. The van der Waals surface area contributed by atoms with Gasteiger partial charge in [0.25, 0.3) is 0 Å². The van der Waals surface area contributed by atoms with Gasteiger partial charge in [-0.2, -0.15) is 0 Å². The number of hydrogen-bond donors (Lipinski definition) is 1. The molecule has 1 aliphatic heterocycles. The SMILES string of the molecule is O=CNOC1SCn2cccc21. The predicted molar refractivity (Wildman–Crippen MR) is 45.0 cm³/mol. The lowest BCUT2D eigenvalue weighted by Gasteiger charge is -2.06. The average Bonchev–Trinajstić information content (AvgIpc) is 2.62. The van der Waals surface area contributed by atoms with Crippen LogP contribution in [-0.4, -0.2) is 11.0 Å². The van der Waals surface area contributed by atoms with Crippen LogP contribution in [0.1, 0.15) is 11.1 Å². The van der Waals surface area contributed by atoms with Gasteiger partial charge in [-0.3, -0.25) is 9.63 Å². The fraction of sp³-hybridized carbons (Fsp3) is 0.286. The molecule has 1 N–H and O–H groups in total. The molecule has 2 rings (SSSR count). The van der Waals surface area contributed by atoms with Crippen molar-refractivity contribution in [3.63, 3.8) is 0 Å². The van der Waals surface area contributed by atoms with Crippen molar-refractivity contribution in [2.24, 2.45) is 0 Å². The molecule has 0 bridgehead atoms. The standard InChI is InChI=1S/C7H8N2O2S/c10-4-8-11-7-6-2-1-3-9(6)5-12-7/h1-4,7H,5H2,(H,8,10). The first-order valence-corrected chi connectivity index (χ1v) is 4.58. The Hall–Kier alpha value is -0.940. The number of nitrogens with zero attached hydrogens (tertiary/aromatic N) is 1. The molecule has 0 aliphatic carbocycles. The fourth-order valence-electron chi connectivity index (χ4n) is 1.18. The van der Waals surface area contributed by atoms with Crippen LogP contribution in [0, 0.1) is 0 Å². The Morgan fingerprint density at radius 1 is 1.83 bits per heavy atom. The van der Waals surface area contributed by atoms with Gasteiger partial charge < -0.3 is 4.57 Å². The molecule has 0 fully saturated rings. The molecule has 0 saturated carbocycles. The van der Waals surface area contributed by atoms with Crippen molar-refractivity contribution in [1.29, 1.82) is 0 Å². The van der Waals surface area contributed by atoms with E-state index in [-0.39, 0.29) is 5.44 Å². The number of hydroxylamine groups is 1. The molecule has 5 heteroatoms. The second-order valence-corrected chi connectivity index (χ2v) is 3.40. The molecule has 0 saturated heterocycles. The van der Waals surface area contributed by atoms with Crippen LogP contribution in [0.3, 0.4) is 0 Å². The van der Waals surface area contributed by atoms with E-state index in [0.29, 0.717) is 6.41 Å². The molecule has 1 aromatic heterocycles. The summed E-state index contributed by atoms with van der Waals surface area (Å²) in [5.74, 6) is 0.882. The Bertz CT molecular complexity index is 287. The van der Waals surface area contributed by atoms with Crippen molar-refractivity contribution in [3.8, 4) is 0 Å². The molecule has 0 aromatic carbocycles. The third kappa shape index (κ3) is 1.21. The lowest BCUT2D eigenvalue weighted by Crippen LogP contribution is -2.13. The number of aromatic nitrogens is 1. The molecule has 1 aliphatic rings. The number of fused-ring (bicyclic) bond motifs is 1. The van der Waals surface area contributed by atoms with E-state index in [1.807, 2.05) is 18.3 Å². The highest BCUT2D eigenvalue weighted by Gasteiger charge is 2.23. The summed E-state index contributed by atoms with van der Waals surface area (Å²) in [6.45, 7) is 0. The number of thioether (sulfide) groups is 1. The van der Waals surface area contributed by atoms with E-state index in [9.17, 15) is 4.79 Å². The minimum atomic E-state index is -0.0646. The Morgan fingerprint density at radius 3 is 3.58 bits per heavy atom. The van der Waals surface area contributed by atoms with Crippen LogP contribution in [-0.2, 0) is 15.5 Å². The lowest BCUT2D eigenvalue weighted by atomic mass is 10.4. The van der Waals surface area contributed by atoms with Crippen LogP contribution in [0.2, 0.25) is 0 Å². The van der Waals surface area contributed by atoms with Gasteiger partial charge in [0, 0.05) is 6.20 Å². The van der Waals surface area contributed by atoms with Crippen LogP contribution in [0.15, 0.2) is 18.3 Å². The maximum absolute atomic E-state index is 9.96. The van der Waals surface area contributed by atoms with E-state index in [1.54, 1.807) is 11.8 Å². The summed E-state index contributed by atoms with van der Waals surface area (Å²) >= 11 is 1.64. The summed E-state index contributed by atoms with van der Waals surface area (Å²) in [4.78, 5) is 15.0. The predicted octanol–water partition coefficient (Wildman–Crippen LogP) is 0.869. The largest absolute Gasteiger partial charge is 0.338 e. The van der Waals surface area contributed by atoms with Crippen molar-refractivity contribution in [1.82, 2.24) is 10.0 Å². The van der Waals surface area contributed by atoms with Gasteiger partial charge in [-0.1, -0.05) is 11.8 Å². The Kier molecular flexibility index (Phi) is 2.05. The highest BCUT2D eigenvalue weighted by Crippen LogP contribution is 2.37. The smallest absolute Gasteiger partial charge is 0.230 e. The second kappa shape index (κ2) is 3.20. The quantitative estimate of drug-likeness (QED) is 0.560. The van der Waals surface area contributed by atoms with Crippen LogP contribution >= 0.6 is 11.8 Å². The topological polar surface area (TPSA) is 43.3 Å². The number of carbonyl (C=O) groups excluding carboxylic acids is 1. The Morgan fingerprint density at radius 2 is 2.75 bits per heavy atom. The molecule has 1 aromatic rings. The lowest BCUT2D eigenvalue weighted by molar-refractivity contribution is -0.121. The molecule has 1 amide bonds. The van der Waals surface area contributed by atoms with Gasteiger partial charge in [0.05, 0.1) is 11.6 Å². The Balaban J connectivity index is 2.07. The van der Waals surface area contributed by atoms with Crippen LogP contribution in [0.25, 0.3) is 0 Å². The van der Waals surface area contributed by atoms with Crippen LogP contribution in [0.4, 0.5) is 0 Å². The highest BCUT2D eigenvalue weighted by atomic mass is 32.2. The maximum atomic E-state index is 9.96. The third-order valence-corrected chi connectivity index (χ3v) is 2.76. The number of rotatable bonds is 3. The van der Waals surface area contributed by atoms with E-state index in [0.717, 1.165) is 11.6 Å². The van der Waals surface area contributed by atoms with Crippen molar-refractivity contribution < 1.29 is 9.63 Å². The van der Waals surface area contributed by atoms with E-state index in [2.05, 4.69) is 10.0 Å². The summed E-state index contributed by atoms with van der Waals surface area (Å²) in [7, 11) is 0. The zero-order valence-corrected chi connectivity index (χ0v) is 7.08. The number of nitrogens with one attached hydrogen (secondary N) is 1. The first-order chi connectivity index (χ1) is 5.92. The zero-order chi connectivity index (χ0) is 8.39. The van der Waals surface area contributed by atoms with Crippen molar-refractivity contribution in [2.75, 3.05) is 0 Å². The van der Waals surface area contributed by atoms with Gasteiger partial charge in [0.1, 0.15) is 0 Å². The second-order valence-electron chi connectivity index (χ2n) is 2.38. The molecule has 64 valence electrons. The molecule has 0 spiro atoms. The van der Waals surface area contributed by atoms with Crippen LogP contribution in [0.5, 0.6) is 0 Å². The maximum Gasteiger partial charge on any atom is 0.230 e. The fourth-order valence-corrected chi connectivity index (χ4v) is 2.22. The van der Waals surface area contributed by atoms with Gasteiger partial charge in [0.15, 0.2) is 5.44 Å². The van der Waals surface area contributed by atoms with E-state index in [1.165, 1.54) is 0 Å². The van der Waals surface area contributed by atoms with E-state index >= 15 is 0 Å². The summed E-state index contributed by atoms with van der Waals surface area (Å²) < 4.78 is 2.09. The zero-order valence-electron chi connectivity index (χ0n) is 6.27. The first-order valence-electron chi connectivity index (χ1n) is 3.53. The molecular formula is C7H8N2O2S. The van der Waals surface area contributed by atoms with Crippen molar-refractivity contribution in [2.45, 2.75) is 11.3 Å². The number of amides is 1. The molecule has 0 radical (unpaired) electrons. The molecule has 2 heterocycles. The van der Waals surface area contributed by atoms with Crippen molar-refractivity contribution in [3.05, 3.63) is 24.0 Å². The summed E-state index contributed by atoms with van der Waals surface area (Å²) in [6.07, 6.45) is 2.53. The van der Waals surface area contributed by atoms with Gasteiger partial charge >= 0.3 is 0 Å². The normalized spacial score (nSPS) is 20.5. The van der Waals surface area contributed by atoms with E-state index < -0.39 is 0 Å². The summed E-state index contributed by atoms with van der Waals surface area (Å²) in [6, 6.07) is 3.95. The molecule has 4 nitrogen and oxygen atoms in total. The van der Waals surface area contributed by atoms with Crippen LogP contribution < -0.4 is 5.48 Å². The average molecular weight is 184 g/mol. The van der Waals surface area contributed by atoms with Gasteiger partial charge in [0.2, 0.25) is 6.41 Å². The first kappa shape index (κ1) is 7.70. The summed E-state index contributed by atoms with van der Waals surface area (Å²) in [5, 5.41) is 0. The van der Waals surface area contributed by atoms with Gasteiger partial charge in [-0.25, -0.2) is 5.48 Å². The number of carbonyl (C=O) groups is 1. The minimum Gasteiger partial charge on any atom is -0.338 e. The monoisotopic (exact) mass is 184 g/mol. The number of hydrogen-bond acceptors (Lipinski definition) is 3. The molecule has 12 heavy (non-hydrogen) atoms. The molecular weight excluding hydrogens is 176 g/mol. The van der Waals surface area contributed by atoms with Gasteiger partial charge in [-0.15, -0.1) is 0 Å². The van der Waals surface area contributed by atoms with E-state index in [4.69, 9.17) is 4.84 Å². The summed E-state index contributed by atoms with van der Waals surface area (Å²) in [5.41, 5.74) is 3.23. The highest BCUT2D eigenvalue weighted by molar-refractivity contribution is 7.98. The molecule has 1 unspecified atom stereocenters. The van der Waals surface area contributed by atoms with Crippen molar-refractivity contribution >= 4 is 18.2 Å². The Labute approximate surface area is 73.8 Å².